The number of H-pyrrole nitrogens is 1. The Labute approximate surface area is 99.3 Å². The molecule has 0 atom stereocenters. The topological polar surface area (TPSA) is 54.5 Å². The van der Waals surface area contributed by atoms with Gasteiger partial charge in [-0.3, -0.25) is 0 Å². The van der Waals surface area contributed by atoms with Gasteiger partial charge in [-0.05, 0) is 11.1 Å². The van der Waals surface area contributed by atoms with Crippen molar-refractivity contribution in [3.05, 3.63) is 67.0 Å². The molecule has 4 heteroatoms. The lowest BCUT2D eigenvalue weighted by Crippen LogP contribution is -1.73. The Hall–Kier alpha value is -2.49. The average molecular weight is 224 g/mol. The molecule has 0 saturated heterocycles. The number of aromatic amines is 1. The summed E-state index contributed by atoms with van der Waals surface area (Å²) >= 11 is 0. The minimum Gasteiger partial charge on any atom is -0.177 e. The van der Waals surface area contributed by atoms with E-state index in [1.54, 1.807) is 0 Å². The van der Waals surface area contributed by atoms with Crippen molar-refractivity contribution in [1.82, 2.24) is 20.6 Å². The van der Waals surface area contributed by atoms with E-state index in [0.29, 0.717) is 0 Å². The molecule has 4 nitrogen and oxygen atoms in total. The van der Waals surface area contributed by atoms with Crippen LogP contribution in [0.4, 0.5) is 0 Å². The van der Waals surface area contributed by atoms with Crippen LogP contribution in [0.5, 0.6) is 0 Å². The molecule has 1 heterocycles. The van der Waals surface area contributed by atoms with Crippen LogP contribution >= 0.6 is 0 Å². The van der Waals surface area contributed by atoms with Gasteiger partial charge >= 0.3 is 0 Å². The Morgan fingerprint density at radius 1 is 0.706 bits per heavy atom. The van der Waals surface area contributed by atoms with Crippen molar-refractivity contribution in [3.8, 4) is 11.1 Å². The Balaban J connectivity index is 0.000000181. The second-order valence-corrected chi connectivity index (χ2v) is 3.29. The van der Waals surface area contributed by atoms with Crippen LogP contribution in [-0.2, 0) is 0 Å². The van der Waals surface area contributed by atoms with Gasteiger partial charge in [-0.2, -0.15) is 5.21 Å². The molecule has 0 radical (unpaired) electrons. The second-order valence-electron chi connectivity index (χ2n) is 3.29. The number of hydrogen-bond donors (Lipinski definition) is 1. The maximum absolute atomic E-state index is 3.38. The van der Waals surface area contributed by atoms with Gasteiger partial charge < -0.3 is 0 Å². The molecule has 0 amide bonds. The molecule has 0 bridgehead atoms. The van der Waals surface area contributed by atoms with E-state index in [4.69, 9.17) is 0 Å². The molecule has 0 aliphatic carbocycles. The molecular formula is C13H12N4. The summed E-state index contributed by atoms with van der Waals surface area (Å²) in [5.74, 6) is 0. The summed E-state index contributed by atoms with van der Waals surface area (Å²) in [6.07, 6.45) is 1.33. The first kappa shape index (κ1) is 11.0. The van der Waals surface area contributed by atoms with Gasteiger partial charge in [-0.1, -0.05) is 65.9 Å². The molecule has 1 N–H and O–H groups in total. The standard InChI is InChI=1S/C12H10.CH2N4/c1-3-7-11(8-4-1)12-9-5-2-6-10-12;1-2-4-5-3-1/h1-10H;1H,(H,2,3,4,5). The van der Waals surface area contributed by atoms with Crippen LogP contribution in [0.1, 0.15) is 0 Å². The van der Waals surface area contributed by atoms with Gasteiger partial charge in [0.2, 0.25) is 0 Å². The van der Waals surface area contributed by atoms with Gasteiger partial charge in [-0.25, -0.2) is 0 Å². The molecule has 0 unspecified atom stereocenters. The van der Waals surface area contributed by atoms with Gasteiger partial charge in [-0.15, -0.1) is 10.2 Å². The van der Waals surface area contributed by atoms with Gasteiger partial charge in [0.1, 0.15) is 0 Å². The van der Waals surface area contributed by atoms with E-state index in [1.807, 2.05) is 12.1 Å². The number of hydrogen-bond acceptors (Lipinski definition) is 3. The second kappa shape index (κ2) is 6.17. The fourth-order valence-corrected chi connectivity index (χ4v) is 1.39. The smallest absolute Gasteiger partial charge is 0.161 e. The summed E-state index contributed by atoms with van der Waals surface area (Å²) < 4.78 is 0. The lowest BCUT2D eigenvalue weighted by molar-refractivity contribution is 0.881. The molecule has 0 aliphatic rings. The van der Waals surface area contributed by atoms with Crippen LogP contribution in [0, 0.1) is 0 Å². The molecule has 1 aromatic heterocycles. The summed E-state index contributed by atoms with van der Waals surface area (Å²) in [5.41, 5.74) is 2.55. The monoisotopic (exact) mass is 224 g/mol. The van der Waals surface area contributed by atoms with Crippen molar-refractivity contribution in [2.45, 2.75) is 0 Å². The molecule has 3 rings (SSSR count). The molecule has 84 valence electrons. The molecule has 0 aliphatic heterocycles. The Kier molecular flexibility index (Phi) is 4.00. The molecule has 2 aromatic carbocycles. The maximum atomic E-state index is 3.38. The van der Waals surface area contributed by atoms with Crippen molar-refractivity contribution in [2.75, 3.05) is 0 Å². The summed E-state index contributed by atoms with van der Waals surface area (Å²) in [6.45, 7) is 0. The molecule has 3 aromatic rings. The van der Waals surface area contributed by atoms with Crippen LogP contribution in [0.25, 0.3) is 11.1 Å². The fraction of sp³-hybridized carbons (Fsp3) is 0. The lowest BCUT2D eigenvalue weighted by Gasteiger charge is -1.98. The zero-order chi connectivity index (χ0) is 11.8. The van der Waals surface area contributed by atoms with Crippen LogP contribution in [0.15, 0.2) is 67.0 Å². The molecule has 17 heavy (non-hydrogen) atoms. The summed E-state index contributed by atoms with van der Waals surface area (Å²) in [7, 11) is 0. The van der Waals surface area contributed by atoms with Crippen LogP contribution in [-0.4, -0.2) is 20.6 Å². The Bertz CT molecular complexity index is 451. The largest absolute Gasteiger partial charge is 0.177 e. The van der Waals surface area contributed by atoms with E-state index in [0.717, 1.165) is 0 Å². The zero-order valence-electron chi connectivity index (χ0n) is 9.19. The summed E-state index contributed by atoms with van der Waals surface area (Å²) in [4.78, 5) is 0. The number of benzene rings is 2. The predicted molar refractivity (Wildman–Crippen MR) is 66.1 cm³/mol. The van der Waals surface area contributed by atoms with E-state index in [9.17, 15) is 0 Å². The number of tetrazole rings is 1. The zero-order valence-corrected chi connectivity index (χ0v) is 9.19. The highest BCUT2D eigenvalue weighted by Gasteiger charge is 1.91. The van der Waals surface area contributed by atoms with Crippen molar-refractivity contribution >= 4 is 0 Å². The maximum Gasteiger partial charge on any atom is 0.161 e. The van der Waals surface area contributed by atoms with Gasteiger partial charge in [0.05, 0.1) is 0 Å². The van der Waals surface area contributed by atoms with E-state index >= 15 is 0 Å². The van der Waals surface area contributed by atoms with Crippen molar-refractivity contribution in [1.29, 1.82) is 0 Å². The highest BCUT2D eigenvalue weighted by molar-refractivity contribution is 5.62. The van der Waals surface area contributed by atoms with E-state index in [1.165, 1.54) is 17.5 Å². The summed E-state index contributed by atoms with van der Waals surface area (Å²) in [5, 5.41) is 12.2. The Morgan fingerprint density at radius 3 is 1.53 bits per heavy atom. The van der Waals surface area contributed by atoms with Crippen molar-refractivity contribution < 1.29 is 0 Å². The molecule has 0 saturated carbocycles. The average Bonchev–Trinajstić information content (AvgIpc) is 3.00. The lowest BCUT2D eigenvalue weighted by atomic mass is 10.1. The minimum absolute atomic E-state index is 1.28. The first-order chi connectivity index (χ1) is 8.47. The Morgan fingerprint density at radius 2 is 1.24 bits per heavy atom. The molecule has 0 fully saturated rings. The van der Waals surface area contributed by atoms with E-state index in [2.05, 4.69) is 69.2 Å². The first-order valence-corrected chi connectivity index (χ1v) is 5.23. The number of rotatable bonds is 1. The highest BCUT2D eigenvalue weighted by Crippen LogP contribution is 2.17. The van der Waals surface area contributed by atoms with Gasteiger partial charge in [0.15, 0.2) is 6.33 Å². The van der Waals surface area contributed by atoms with Crippen molar-refractivity contribution in [2.24, 2.45) is 0 Å². The van der Waals surface area contributed by atoms with E-state index in [-0.39, 0.29) is 0 Å². The van der Waals surface area contributed by atoms with Crippen LogP contribution < -0.4 is 0 Å². The minimum atomic E-state index is 1.28. The predicted octanol–water partition coefficient (Wildman–Crippen LogP) is 2.55. The SMILES string of the molecule is c1ccc(-c2ccccc2)cc1.c1nn[nH]n1. The normalized spacial score (nSPS) is 9.18. The quantitative estimate of drug-likeness (QED) is 0.691. The number of nitrogens with one attached hydrogen (secondary N) is 1. The summed E-state index contributed by atoms with van der Waals surface area (Å²) in [6, 6.07) is 20.8. The third kappa shape index (κ3) is 3.53. The fourth-order valence-electron chi connectivity index (χ4n) is 1.39. The number of nitrogens with zero attached hydrogens (tertiary/aromatic N) is 3. The first-order valence-electron chi connectivity index (χ1n) is 5.23. The highest BCUT2D eigenvalue weighted by atomic mass is 15.5. The van der Waals surface area contributed by atoms with Crippen LogP contribution in [0.2, 0.25) is 0 Å². The van der Waals surface area contributed by atoms with Crippen molar-refractivity contribution in [3.63, 3.8) is 0 Å². The molecule has 0 spiro atoms. The van der Waals surface area contributed by atoms with Gasteiger partial charge in [0.25, 0.3) is 0 Å². The third-order valence-electron chi connectivity index (χ3n) is 2.15. The number of aromatic nitrogens is 4. The van der Waals surface area contributed by atoms with E-state index < -0.39 is 0 Å². The third-order valence-corrected chi connectivity index (χ3v) is 2.15. The molecular weight excluding hydrogens is 212 g/mol. The van der Waals surface area contributed by atoms with Gasteiger partial charge in [0, 0.05) is 0 Å². The van der Waals surface area contributed by atoms with Crippen LogP contribution in [0.3, 0.4) is 0 Å².